The maximum absolute atomic E-state index is 13.4. The van der Waals surface area contributed by atoms with Gasteiger partial charge in [0.2, 0.25) is 15.9 Å². The van der Waals surface area contributed by atoms with Crippen LogP contribution < -0.4 is 10.5 Å². The van der Waals surface area contributed by atoms with Crippen molar-refractivity contribution in [1.82, 2.24) is 9.62 Å². The van der Waals surface area contributed by atoms with Gasteiger partial charge in [-0.25, -0.2) is 8.42 Å². The molecule has 4 rings (SSSR count). The van der Waals surface area contributed by atoms with Crippen molar-refractivity contribution >= 4 is 26.7 Å². The highest BCUT2D eigenvalue weighted by atomic mass is 32.2. The van der Waals surface area contributed by atoms with E-state index < -0.39 is 16.1 Å². The van der Waals surface area contributed by atoms with Crippen LogP contribution in [0.3, 0.4) is 0 Å². The molecule has 33 heavy (non-hydrogen) atoms. The third-order valence-electron chi connectivity index (χ3n) is 6.42. The molecule has 1 heterocycles. The molecule has 174 valence electrons. The number of nitrogens with two attached hydrogens (primary N) is 1. The minimum atomic E-state index is -3.90. The van der Waals surface area contributed by atoms with Crippen molar-refractivity contribution in [3.8, 4) is 0 Å². The van der Waals surface area contributed by atoms with E-state index in [9.17, 15) is 13.2 Å². The van der Waals surface area contributed by atoms with E-state index in [1.54, 1.807) is 23.1 Å². The summed E-state index contributed by atoms with van der Waals surface area (Å²) >= 11 is 0. The van der Waals surface area contributed by atoms with Crippen LogP contribution in [0.1, 0.15) is 30.9 Å². The highest BCUT2D eigenvalue weighted by molar-refractivity contribution is 7.89. The Kier molecular flexibility index (Phi) is 7.12. The number of likely N-dealkylation sites (tertiary alicyclic amines) is 1. The number of sulfonamides is 1. The first kappa shape index (κ1) is 23.4. The number of nitrogens with zero attached hydrogens (tertiary/aromatic N) is 1. The van der Waals surface area contributed by atoms with Crippen molar-refractivity contribution in [3.05, 3.63) is 77.9 Å². The van der Waals surface area contributed by atoms with Gasteiger partial charge in [-0.05, 0) is 59.2 Å². The molecule has 0 aromatic heterocycles. The van der Waals surface area contributed by atoms with Gasteiger partial charge in [-0.3, -0.25) is 4.79 Å². The third kappa shape index (κ3) is 5.61. The molecule has 1 aliphatic rings. The zero-order valence-corrected chi connectivity index (χ0v) is 19.7. The van der Waals surface area contributed by atoms with E-state index in [1.165, 1.54) is 0 Å². The highest BCUT2D eigenvalue weighted by Crippen LogP contribution is 2.21. The predicted molar refractivity (Wildman–Crippen MR) is 131 cm³/mol. The van der Waals surface area contributed by atoms with Gasteiger partial charge in [0.15, 0.2) is 0 Å². The molecule has 6 nitrogen and oxygen atoms in total. The molecule has 1 fully saturated rings. The number of hydrogen-bond acceptors (Lipinski definition) is 4. The Morgan fingerprint density at radius 2 is 1.64 bits per heavy atom. The standard InChI is InChI=1S/C26H31N3O3S/c1-19-12-14-29(15-13-19)26(30)25(16-20-6-8-21(18-27)9-7-20)28-33(31,32)24-11-10-22-4-2-3-5-23(22)17-24/h2-11,17,19,25,28H,12-16,18,27H2,1H3/t25-/m0/s1. The van der Waals surface area contributed by atoms with E-state index >= 15 is 0 Å². The van der Waals surface area contributed by atoms with Gasteiger partial charge in [0, 0.05) is 19.6 Å². The Morgan fingerprint density at radius 1 is 1.00 bits per heavy atom. The minimum Gasteiger partial charge on any atom is -0.341 e. The number of amides is 1. The number of rotatable bonds is 7. The Labute approximate surface area is 195 Å². The fraction of sp³-hybridized carbons (Fsp3) is 0.346. The van der Waals surface area contributed by atoms with Crippen LogP contribution in [-0.4, -0.2) is 38.4 Å². The fourth-order valence-electron chi connectivity index (χ4n) is 4.27. The van der Waals surface area contributed by atoms with Crippen LogP contribution in [-0.2, 0) is 27.8 Å². The maximum Gasteiger partial charge on any atom is 0.241 e. The monoisotopic (exact) mass is 465 g/mol. The number of fused-ring (bicyclic) bond motifs is 1. The van der Waals surface area contributed by atoms with Crippen molar-refractivity contribution in [2.24, 2.45) is 11.7 Å². The molecule has 0 radical (unpaired) electrons. The van der Waals surface area contributed by atoms with Crippen LogP contribution in [0.2, 0.25) is 0 Å². The highest BCUT2D eigenvalue weighted by Gasteiger charge is 2.31. The van der Waals surface area contributed by atoms with Gasteiger partial charge in [-0.2, -0.15) is 4.72 Å². The van der Waals surface area contributed by atoms with Gasteiger partial charge in [0.05, 0.1) is 4.90 Å². The molecule has 0 unspecified atom stereocenters. The molecule has 3 aromatic rings. The first-order valence-corrected chi connectivity index (χ1v) is 12.9. The average molecular weight is 466 g/mol. The second-order valence-electron chi connectivity index (χ2n) is 8.92. The lowest BCUT2D eigenvalue weighted by atomic mass is 9.97. The molecule has 3 aromatic carbocycles. The molecule has 1 aliphatic heterocycles. The largest absolute Gasteiger partial charge is 0.341 e. The average Bonchev–Trinajstić information content (AvgIpc) is 2.83. The molecule has 1 saturated heterocycles. The van der Waals surface area contributed by atoms with E-state index in [1.807, 2.05) is 48.5 Å². The van der Waals surface area contributed by atoms with Crippen LogP contribution in [0.5, 0.6) is 0 Å². The molecule has 1 atom stereocenters. The van der Waals surface area contributed by atoms with Crippen molar-refractivity contribution in [2.45, 2.75) is 43.7 Å². The molecular weight excluding hydrogens is 434 g/mol. The Hall–Kier alpha value is -2.74. The summed E-state index contributed by atoms with van der Waals surface area (Å²) in [5.41, 5.74) is 7.57. The van der Waals surface area contributed by atoms with Crippen molar-refractivity contribution in [2.75, 3.05) is 13.1 Å². The first-order chi connectivity index (χ1) is 15.9. The van der Waals surface area contributed by atoms with Gasteiger partial charge in [-0.15, -0.1) is 0 Å². The van der Waals surface area contributed by atoms with Crippen LogP contribution >= 0.6 is 0 Å². The molecule has 1 amide bonds. The quantitative estimate of drug-likeness (QED) is 0.559. The number of carbonyl (C=O) groups excluding carboxylic acids is 1. The summed E-state index contributed by atoms with van der Waals surface area (Å²) in [6, 6.07) is 19.4. The molecule has 0 spiro atoms. The number of benzene rings is 3. The SMILES string of the molecule is CC1CCN(C(=O)[C@H](Cc2ccc(CN)cc2)NS(=O)(=O)c2ccc3ccccc3c2)CC1. The topological polar surface area (TPSA) is 92.5 Å². The summed E-state index contributed by atoms with van der Waals surface area (Å²) in [6.07, 6.45) is 2.14. The molecule has 3 N–H and O–H groups in total. The van der Waals surface area contributed by atoms with Crippen molar-refractivity contribution in [1.29, 1.82) is 0 Å². The van der Waals surface area contributed by atoms with E-state index in [0.29, 0.717) is 25.6 Å². The smallest absolute Gasteiger partial charge is 0.241 e. The normalized spacial score (nSPS) is 16.1. The van der Waals surface area contributed by atoms with Gasteiger partial charge >= 0.3 is 0 Å². The van der Waals surface area contributed by atoms with E-state index in [-0.39, 0.29) is 17.2 Å². The lowest BCUT2D eigenvalue weighted by Crippen LogP contribution is -2.51. The zero-order valence-electron chi connectivity index (χ0n) is 18.9. The second kappa shape index (κ2) is 10.0. The van der Waals surface area contributed by atoms with E-state index in [4.69, 9.17) is 5.73 Å². The Balaban J connectivity index is 1.61. The van der Waals surface area contributed by atoms with Gasteiger partial charge < -0.3 is 10.6 Å². The van der Waals surface area contributed by atoms with Crippen LogP contribution in [0.25, 0.3) is 10.8 Å². The van der Waals surface area contributed by atoms with Gasteiger partial charge in [-0.1, -0.05) is 61.5 Å². The summed E-state index contributed by atoms with van der Waals surface area (Å²) < 4.78 is 29.4. The summed E-state index contributed by atoms with van der Waals surface area (Å²) in [7, 11) is -3.90. The summed E-state index contributed by atoms with van der Waals surface area (Å²) in [5.74, 6) is 0.403. The van der Waals surface area contributed by atoms with Crippen LogP contribution in [0.4, 0.5) is 0 Å². The van der Waals surface area contributed by atoms with Crippen LogP contribution in [0, 0.1) is 5.92 Å². The number of nitrogens with one attached hydrogen (secondary N) is 1. The van der Waals surface area contributed by atoms with Gasteiger partial charge in [0.25, 0.3) is 0 Å². The summed E-state index contributed by atoms with van der Waals surface area (Å²) in [6.45, 7) is 3.92. The third-order valence-corrected chi connectivity index (χ3v) is 7.89. The Morgan fingerprint density at radius 3 is 2.30 bits per heavy atom. The maximum atomic E-state index is 13.4. The lowest BCUT2D eigenvalue weighted by Gasteiger charge is -2.33. The second-order valence-corrected chi connectivity index (χ2v) is 10.6. The Bertz CT molecular complexity index is 1220. The van der Waals surface area contributed by atoms with E-state index in [2.05, 4.69) is 11.6 Å². The molecule has 0 aliphatic carbocycles. The van der Waals surface area contributed by atoms with Crippen LogP contribution in [0.15, 0.2) is 71.6 Å². The van der Waals surface area contributed by atoms with Crippen molar-refractivity contribution < 1.29 is 13.2 Å². The summed E-state index contributed by atoms with van der Waals surface area (Å²) in [5, 5.41) is 1.80. The van der Waals surface area contributed by atoms with E-state index in [0.717, 1.165) is 34.7 Å². The predicted octanol–water partition coefficient (Wildman–Crippen LogP) is 3.45. The molecular formula is C26H31N3O3S. The van der Waals surface area contributed by atoms with Crippen molar-refractivity contribution in [3.63, 3.8) is 0 Å². The number of carbonyl (C=O) groups is 1. The first-order valence-electron chi connectivity index (χ1n) is 11.4. The molecule has 0 bridgehead atoms. The molecule has 0 saturated carbocycles. The number of piperidine rings is 1. The zero-order chi connectivity index (χ0) is 23.4. The summed E-state index contributed by atoms with van der Waals surface area (Å²) in [4.78, 5) is 15.4. The molecule has 7 heteroatoms. The minimum absolute atomic E-state index is 0.157. The lowest BCUT2D eigenvalue weighted by molar-refractivity contribution is -0.134. The number of hydrogen-bond donors (Lipinski definition) is 2. The fourth-order valence-corrected chi connectivity index (χ4v) is 5.49. The van der Waals surface area contributed by atoms with Gasteiger partial charge in [0.1, 0.15) is 6.04 Å².